The molecule has 0 aliphatic carbocycles. The largest absolute Gasteiger partial charge is 0.381 e. The number of nitrogen functional groups attached to an aromatic ring is 1. The predicted molar refractivity (Wildman–Crippen MR) is 79.5 cm³/mol. The number of anilines is 1. The first-order valence-corrected chi connectivity index (χ1v) is 6.56. The molecule has 0 aliphatic rings. The van der Waals surface area contributed by atoms with Crippen LogP contribution in [0.3, 0.4) is 0 Å². The number of carbonyl (C=O) groups excluding carboxylic acids is 1. The van der Waals surface area contributed by atoms with E-state index in [-0.39, 0.29) is 0 Å². The molecule has 3 aromatic rings. The first-order chi connectivity index (χ1) is 9.56. The van der Waals surface area contributed by atoms with Crippen LogP contribution in [0, 0.1) is 0 Å². The van der Waals surface area contributed by atoms with Crippen LogP contribution >= 0.6 is 15.9 Å². The number of hydrogen-bond acceptors (Lipinski definition) is 4. The molecule has 0 atom stereocenters. The maximum Gasteiger partial charge on any atom is 0.249 e. The van der Waals surface area contributed by atoms with E-state index in [4.69, 9.17) is 11.5 Å². The van der Waals surface area contributed by atoms with Crippen molar-refractivity contribution in [3.05, 3.63) is 46.6 Å². The van der Waals surface area contributed by atoms with E-state index in [0.717, 1.165) is 0 Å². The van der Waals surface area contributed by atoms with E-state index >= 15 is 0 Å². The van der Waals surface area contributed by atoms with Gasteiger partial charge in [0.1, 0.15) is 0 Å². The second-order valence-corrected chi connectivity index (χ2v) is 5.07. The van der Waals surface area contributed by atoms with Gasteiger partial charge in [-0.15, -0.1) is 5.10 Å². The Balaban J connectivity index is 2.29. The summed E-state index contributed by atoms with van der Waals surface area (Å²) in [5, 5.41) is 4.83. The quantitative estimate of drug-likeness (QED) is 0.748. The van der Waals surface area contributed by atoms with Crippen molar-refractivity contribution in [3.8, 4) is 5.82 Å². The molecule has 7 heteroatoms. The van der Waals surface area contributed by atoms with Crippen LogP contribution in [-0.4, -0.2) is 20.7 Å². The van der Waals surface area contributed by atoms with Crippen LogP contribution in [0.25, 0.3) is 16.7 Å². The number of fused-ring (bicyclic) bond motifs is 1. The Labute approximate surface area is 122 Å². The van der Waals surface area contributed by atoms with Crippen molar-refractivity contribution in [1.29, 1.82) is 0 Å². The molecule has 6 nitrogen and oxygen atoms in total. The van der Waals surface area contributed by atoms with Crippen molar-refractivity contribution >= 4 is 38.6 Å². The summed E-state index contributed by atoms with van der Waals surface area (Å²) in [6.07, 6.45) is 1.68. The number of para-hydroxylation sites is 1. The lowest BCUT2D eigenvalue weighted by atomic mass is 10.1. The number of rotatable bonds is 2. The molecule has 2 aromatic heterocycles. The molecule has 0 saturated heterocycles. The third kappa shape index (κ3) is 2.01. The zero-order chi connectivity index (χ0) is 14.3. The zero-order valence-corrected chi connectivity index (χ0v) is 11.8. The smallest absolute Gasteiger partial charge is 0.249 e. The lowest BCUT2D eigenvalue weighted by Crippen LogP contribution is -2.13. The zero-order valence-electron chi connectivity index (χ0n) is 10.2. The summed E-state index contributed by atoms with van der Waals surface area (Å²) in [5.41, 5.74) is 12.2. The summed E-state index contributed by atoms with van der Waals surface area (Å²) in [7, 11) is 0. The summed E-state index contributed by atoms with van der Waals surface area (Å²) in [6.45, 7) is 0. The summed E-state index contributed by atoms with van der Waals surface area (Å²) >= 11 is 3.28. The second kappa shape index (κ2) is 4.61. The Morgan fingerprint density at radius 1 is 1.30 bits per heavy atom. The number of nitrogens with zero attached hydrogens (tertiary/aromatic N) is 3. The first kappa shape index (κ1) is 12.6. The number of pyridine rings is 1. The van der Waals surface area contributed by atoms with Crippen LogP contribution in [0.2, 0.25) is 0 Å². The normalized spacial score (nSPS) is 10.8. The van der Waals surface area contributed by atoms with Gasteiger partial charge < -0.3 is 11.5 Å². The summed E-state index contributed by atoms with van der Waals surface area (Å²) in [4.78, 5) is 16.1. The maximum atomic E-state index is 11.6. The van der Waals surface area contributed by atoms with E-state index in [1.54, 1.807) is 18.3 Å². The van der Waals surface area contributed by atoms with Gasteiger partial charge in [0, 0.05) is 11.6 Å². The van der Waals surface area contributed by atoms with Crippen molar-refractivity contribution in [2.75, 3.05) is 5.73 Å². The molecule has 0 spiro atoms. The molecule has 100 valence electrons. The minimum absolute atomic E-state index is 0.348. The van der Waals surface area contributed by atoms with Crippen molar-refractivity contribution in [2.24, 2.45) is 5.73 Å². The minimum atomic E-state index is -0.510. The Morgan fingerprint density at radius 2 is 2.05 bits per heavy atom. The van der Waals surface area contributed by atoms with Crippen LogP contribution in [0.15, 0.2) is 41.0 Å². The maximum absolute atomic E-state index is 11.6. The molecule has 3 rings (SSSR count). The number of primary amides is 1. The third-order valence-electron chi connectivity index (χ3n) is 2.90. The number of carbonyl (C=O) groups is 1. The van der Waals surface area contributed by atoms with Gasteiger partial charge >= 0.3 is 0 Å². The van der Waals surface area contributed by atoms with Crippen molar-refractivity contribution in [2.45, 2.75) is 0 Å². The number of hydrogen-bond donors (Lipinski definition) is 2. The van der Waals surface area contributed by atoms with Gasteiger partial charge in [-0.2, -0.15) is 0 Å². The van der Waals surface area contributed by atoms with Gasteiger partial charge in [-0.05, 0) is 28.1 Å². The molecular formula is C13H10BrN5O. The van der Waals surface area contributed by atoms with Gasteiger partial charge in [-0.3, -0.25) is 4.79 Å². The fraction of sp³-hybridized carbons (Fsp3) is 0. The van der Waals surface area contributed by atoms with Crippen LogP contribution in [0.4, 0.5) is 5.82 Å². The molecule has 0 bridgehead atoms. The highest BCUT2D eigenvalue weighted by molar-refractivity contribution is 9.10. The Kier molecular flexibility index (Phi) is 2.90. The number of nitrogens with two attached hydrogens (primary N) is 2. The van der Waals surface area contributed by atoms with E-state index in [0.29, 0.717) is 32.6 Å². The van der Waals surface area contributed by atoms with Gasteiger partial charge in [0.05, 0.1) is 15.6 Å². The number of benzene rings is 1. The minimum Gasteiger partial charge on any atom is -0.381 e. The molecule has 0 aliphatic heterocycles. The monoisotopic (exact) mass is 331 g/mol. The highest BCUT2D eigenvalue weighted by Crippen LogP contribution is 2.22. The van der Waals surface area contributed by atoms with Gasteiger partial charge in [0.2, 0.25) is 5.91 Å². The molecule has 20 heavy (non-hydrogen) atoms. The summed E-state index contributed by atoms with van der Waals surface area (Å²) in [6, 6.07) is 8.90. The highest BCUT2D eigenvalue weighted by atomic mass is 79.9. The van der Waals surface area contributed by atoms with E-state index in [1.807, 2.05) is 18.2 Å². The predicted octanol–water partition coefficient (Wildman–Crippen LogP) is 1.86. The number of aromatic nitrogens is 3. The van der Waals surface area contributed by atoms with Gasteiger partial charge in [-0.25, -0.2) is 9.67 Å². The first-order valence-electron chi connectivity index (χ1n) is 5.77. The average Bonchev–Trinajstić information content (AvgIpc) is 2.77. The molecule has 1 aromatic carbocycles. The van der Waals surface area contributed by atoms with E-state index in [1.165, 1.54) is 4.68 Å². The van der Waals surface area contributed by atoms with Gasteiger partial charge in [0.25, 0.3) is 0 Å². The second-order valence-electron chi connectivity index (χ2n) is 4.22. The molecular weight excluding hydrogens is 322 g/mol. The highest BCUT2D eigenvalue weighted by Gasteiger charge is 2.12. The fourth-order valence-corrected chi connectivity index (χ4v) is 2.24. The topological polar surface area (TPSA) is 99.8 Å². The van der Waals surface area contributed by atoms with Crippen LogP contribution < -0.4 is 11.5 Å². The molecule has 0 saturated carbocycles. The summed E-state index contributed by atoms with van der Waals surface area (Å²) < 4.78 is 2.16. The van der Waals surface area contributed by atoms with Gasteiger partial charge in [0.15, 0.2) is 11.6 Å². The number of amides is 1. The fourth-order valence-electron chi connectivity index (χ4n) is 1.97. The molecule has 0 unspecified atom stereocenters. The van der Waals surface area contributed by atoms with E-state index < -0.39 is 5.91 Å². The Bertz CT molecular complexity index is 807. The Morgan fingerprint density at radius 3 is 2.70 bits per heavy atom. The summed E-state index contributed by atoms with van der Waals surface area (Å²) in [5.74, 6) is 0.319. The molecule has 1 amide bonds. The number of halogens is 1. The standard InChI is InChI=1S/C13H10BrN5O/c14-9-6-19(18-12(9)15)11-5-8(13(16)20)7-3-1-2-4-10(7)17-11/h1-6H,(H2,15,18)(H2,16,20). The van der Waals surface area contributed by atoms with Crippen LogP contribution in [-0.2, 0) is 0 Å². The Hall–Kier alpha value is -2.41. The van der Waals surface area contributed by atoms with Crippen LogP contribution in [0.1, 0.15) is 10.4 Å². The van der Waals surface area contributed by atoms with Gasteiger partial charge in [-0.1, -0.05) is 18.2 Å². The van der Waals surface area contributed by atoms with E-state index in [9.17, 15) is 4.79 Å². The molecule has 0 fully saturated rings. The van der Waals surface area contributed by atoms with Crippen molar-refractivity contribution in [1.82, 2.24) is 14.8 Å². The van der Waals surface area contributed by atoms with Crippen LogP contribution in [0.5, 0.6) is 0 Å². The lowest BCUT2D eigenvalue weighted by Gasteiger charge is -2.07. The third-order valence-corrected chi connectivity index (χ3v) is 3.51. The van der Waals surface area contributed by atoms with E-state index in [2.05, 4.69) is 26.0 Å². The molecule has 4 N–H and O–H groups in total. The molecule has 2 heterocycles. The van der Waals surface area contributed by atoms with Crippen molar-refractivity contribution in [3.63, 3.8) is 0 Å². The average molecular weight is 332 g/mol. The molecule has 0 radical (unpaired) electrons. The van der Waals surface area contributed by atoms with Crippen molar-refractivity contribution < 1.29 is 4.79 Å². The SMILES string of the molecule is NC(=O)c1cc(-n2cc(Br)c(N)n2)nc2ccccc12. The lowest BCUT2D eigenvalue weighted by molar-refractivity contribution is 0.100.